The number of aromatic amines is 1. The largest absolute Gasteiger partial charge is 0.487 e. The predicted octanol–water partition coefficient (Wildman–Crippen LogP) is 0.899. The van der Waals surface area contributed by atoms with Crippen LogP contribution in [0.3, 0.4) is 0 Å². The summed E-state index contributed by atoms with van der Waals surface area (Å²) in [6.45, 7) is 2.76. The maximum absolute atomic E-state index is 14.5. The first-order valence-corrected chi connectivity index (χ1v) is 7.53. The van der Waals surface area contributed by atoms with Gasteiger partial charge in [-0.1, -0.05) is 0 Å². The number of hydrogen-bond donors (Lipinski definition) is 3. The Kier molecular flexibility index (Phi) is 3.14. The summed E-state index contributed by atoms with van der Waals surface area (Å²) >= 11 is 0. The molecule has 126 valence electrons. The topological polar surface area (TPSA) is 115 Å². The van der Waals surface area contributed by atoms with E-state index < -0.39 is 16.8 Å². The second kappa shape index (κ2) is 5.10. The van der Waals surface area contributed by atoms with Crippen molar-refractivity contribution in [3.05, 3.63) is 32.5 Å². The lowest BCUT2D eigenvalue weighted by Crippen LogP contribution is -2.26. The zero-order valence-electron chi connectivity index (χ0n) is 12.8. The van der Waals surface area contributed by atoms with Gasteiger partial charge in [-0.2, -0.15) is 5.16 Å². The number of halogens is 1. The van der Waals surface area contributed by atoms with E-state index in [0.29, 0.717) is 18.6 Å². The van der Waals surface area contributed by atoms with E-state index in [0.717, 1.165) is 6.07 Å². The molecule has 0 radical (unpaired) electrons. The summed E-state index contributed by atoms with van der Waals surface area (Å²) in [4.78, 5) is 24.5. The number of rotatable bonds is 3. The maximum Gasteiger partial charge on any atom is 0.293 e. The number of nitrogens with zero attached hydrogens (tertiary/aromatic N) is 1. The third-order valence-corrected chi connectivity index (χ3v) is 4.18. The van der Waals surface area contributed by atoms with Gasteiger partial charge in [-0.05, 0) is 13.0 Å². The highest BCUT2D eigenvalue weighted by molar-refractivity contribution is 5.98. The van der Waals surface area contributed by atoms with Gasteiger partial charge in [-0.25, -0.2) is 4.39 Å². The molecule has 2 aromatic heterocycles. The number of nitrogens with one attached hydrogen (secondary N) is 2. The first-order chi connectivity index (χ1) is 11.5. The molecule has 0 spiro atoms. The molecule has 0 aliphatic carbocycles. The molecule has 4 rings (SSSR count). The molecule has 0 saturated heterocycles. The van der Waals surface area contributed by atoms with Crippen molar-refractivity contribution in [2.24, 2.45) is 5.73 Å². The third-order valence-electron chi connectivity index (χ3n) is 4.18. The highest BCUT2D eigenvalue weighted by atomic mass is 19.1. The number of benzene rings is 1. The van der Waals surface area contributed by atoms with Gasteiger partial charge in [0.15, 0.2) is 17.0 Å². The van der Waals surface area contributed by atoms with Gasteiger partial charge < -0.3 is 20.3 Å². The van der Waals surface area contributed by atoms with E-state index in [9.17, 15) is 14.0 Å². The molecule has 9 heteroatoms. The molecular formula is C15H15FN4O4. The van der Waals surface area contributed by atoms with Crippen molar-refractivity contribution in [2.45, 2.75) is 13.0 Å². The van der Waals surface area contributed by atoms with Crippen molar-refractivity contribution in [3.8, 4) is 5.75 Å². The van der Waals surface area contributed by atoms with Gasteiger partial charge in [0.2, 0.25) is 11.1 Å². The van der Waals surface area contributed by atoms with E-state index in [-0.39, 0.29) is 40.6 Å². The Morgan fingerprint density at radius 3 is 3.04 bits per heavy atom. The minimum Gasteiger partial charge on any atom is -0.487 e. The van der Waals surface area contributed by atoms with Gasteiger partial charge in [0.25, 0.3) is 5.56 Å². The Bertz CT molecular complexity index is 1080. The molecule has 0 saturated carbocycles. The van der Waals surface area contributed by atoms with Crippen molar-refractivity contribution >= 4 is 27.7 Å². The van der Waals surface area contributed by atoms with Gasteiger partial charge in [-0.3, -0.25) is 14.2 Å². The zero-order chi connectivity index (χ0) is 17.0. The second-order valence-electron chi connectivity index (χ2n) is 5.75. The number of hydrogen-bond acceptors (Lipinski definition) is 6. The number of aromatic nitrogens is 2. The third kappa shape index (κ3) is 1.81. The van der Waals surface area contributed by atoms with Crippen LogP contribution in [-0.2, 0) is 0 Å². The molecule has 24 heavy (non-hydrogen) atoms. The van der Waals surface area contributed by atoms with Crippen LogP contribution in [0.2, 0.25) is 0 Å². The lowest BCUT2D eigenvalue weighted by Gasteiger charge is -2.28. The van der Waals surface area contributed by atoms with Crippen LogP contribution < -0.4 is 26.8 Å². The van der Waals surface area contributed by atoms with Gasteiger partial charge >= 0.3 is 0 Å². The average molecular weight is 334 g/mol. The number of ether oxygens (including phenoxy) is 1. The maximum atomic E-state index is 14.5. The zero-order valence-corrected chi connectivity index (χ0v) is 12.8. The molecule has 0 amide bonds. The standard InChI is InChI=1S/C15H15FN4O4/c1-6-5-23-13-10(18-3-2-17)8(16)4-7-11(13)20(6)15-9(12(7)21)14(22)19-24-15/h4,6,18H,2-3,5,17H2,1H3,(H,19,22). The number of anilines is 1. The Morgan fingerprint density at radius 2 is 2.29 bits per heavy atom. The first-order valence-electron chi connectivity index (χ1n) is 7.53. The fourth-order valence-electron chi connectivity index (χ4n) is 3.13. The van der Waals surface area contributed by atoms with Gasteiger partial charge in [0.05, 0.1) is 11.4 Å². The average Bonchev–Trinajstić information content (AvgIpc) is 2.94. The molecule has 1 aliphatic heterocycles. The van der Waals surface area contributed by atoms with Crippen LogP contribution in [0.1, 0.15) is 13.0 Å². The molecule has 0 bridgehead atoms. The number of H-pyrrole nitrogens is 1. The fraction of sp³-hybridized carbons (Fsp3) is 0.333. The number of fused-ring (bicyclic) bond motifs is 2. The fourth-order valence-corrected chi connectivity index (χ4v) is 3.13. The van der Waals surface area contributed by atoms with Crippen LogP contribution >= 0.6 is 0 Å². The molecule has 1 aromatic carbocycles. The van der Waals surface area contributed by atoms with Crippen LogP contribution in [0.15, 0.2) is 20.2 Å². The van der Waals surface area contributed by atoms with Crippen molar-refractivity contribution in [1.29, 1.82) is 0 Å². The Morgan fingerprint density at radius 1 is 1.50 bits per heavy atom. The monoisotopic (exact) mass is 334 g/mol. The molecule has 1 aliphatic rings. The molecule has 3 heterocycles. The summed E-state index contributed by atoms with van der Waals surface area (Å²) in [7, 11) is 0. The minimum absolute atomic E-state index is 0.0757. The summed E-state index contributed by atoms with van der Waals surface area (Å²) in [5.74, 6) is -0.414. The Balaban J connectivity index is 2.22. The molecule has 0 fully saturated rings. The summed E-state index contributed by atoms with van der Waals surface area (Å²) in [5.41, 5.74) is 4.91. The van der Waals surface area contributed by atoms with Crippen LogP contribution in [0.25, 0.3) is 22.0 Å². The molecule has 8 nitrogen and oxygen atoms in total. The second-order valence-corrected chi connectivity index (χ2v) is 5.75. The van der Waals surface area contributed by atoms with Crippen LogP contribution in [-0.4, -0.2) is 29.4 Å². The van der Waals surface area contributed by atoms with Crippen LogP contribution in [0.5, 0.6) is 5.75 Å². The number of pyridine rings is 1. The van der Waals surface area contributed by atoms with Gasteiger partial charge in [-0.15, -0.1) is 0 Å². The molecule has 3 aromatic rings. The van der Waals surface area contributed by atoms with Crippen LogP contribution in [0.4, 0.5) is 10.1 Å². The van der Waals surface area contributed by atoms with Crippen molar-refractivity contribution in [3.63, 3.8) is 0 Å². The quantitative estimate of drug-likeness (QED) is 0.655. The highest BCUT2D eigenvalue weighted by Gasteiger charge is 2.29. The lowest BCUT2D eigenvalue weighted by atomic mass is 10.1. The van der Waals surface area contributed by atoms with Gasteiger partial charge in [0, 0.05) is 13.1 Å². The predicted molar refractivity (Wildman–Crippen MR) is 86.3 cm³/mol. The molecular weight excluding hydrogens is 319 g/mol. The summed E-state index contributed by atoms with van der Waals surface area (Å²) in [6, 6.07) is 0.916. The normalized spacial score (nSPS) is 16.5. The van der Waals surface area contributed by atoms with E-state index in [1.165, 1.54) is 0 Å². The minimum atomic E-state index is -0.636. The summed E-state index contributed by atoms with van der Waals surface area (Å²) in [5, 5.41) is 5.01. The molecule has 1 atom stereocenters. The summed E-state index contributed by atoms with van der Waals surface area (Å²) in [6.07, 6.45) is 0. The Hall–Kier alpha value is -2.81. The van der Waals surface area contributed by atoms with E-state index in [1.807, 2.05) is 6.92 Å². The molecule has 1 unspecified atom stereocenters. The Labute approximate surface area is 134 Å². The number of nitrogens with two attached hydrogens (primary N) is 1. The van der Waals surface area contributed by atoms with Crippen molar-refractivity contribution in [2.75, 3.05) is 25.0 Å². The lowest BCUT2D eigenvalue weighted by molar-refractivity contribution is 0.245. The van der Waals surface area contributed by atoms with E-state index in [4.69, 9.17) is 15.0 Å². The van der Waals surface area contributed by atoms with Crippen molar-refractivity contribution in [1.82, 2.24) is 9.72 Å². The van der Waals surface area contributed by atoms with E-state index in [1.54, 1.807) is 4.57 Å². The summed E-state index contributed by atoms with van der Waals surface area (Å²) < 4.78 is 27.1. The smallest absolute Gasteiger partial charge is 0.293 e. The van der Waals surface area contributed by atoms with Crippen LogP contribution in [0, 0.1) is 5.82 Å². The highest BCUT2D eigenvalue weighted by Crippen LogP contribution is 2.40. The van der Waals surface area contributed by atoms with E-state index >= 15 is 0 Å². The SMILES string of the molecule is CC1COc2c(NCCN)c(F)cc3c(=O)c4c(=O)[nH]oc4n1c23. The molecule has 4 N–H and O–H groups in total. The first kappa shape index (κ1) is 14.8. The van der Waals surface area contributed by atoms with Crippen molar-refractivity contribution < 1.29 is 13.7 Å². The van der Waals surface area contributed by atoms with Gasteiger partial charge in [0.1, 0.15) is 17.8 Å². The van der Waals surface area contributed by atoms with E-state index in [2.05, 4.69) is 10.5 Å².